The molecule has 1 fully saturated rings. The van der Waals surface area contributed by atoms with Gasteiger partial charge in [0.2, 0.25) is 0 Å². The minimum Gasteiger partial charge on any atom is -0.474 e. The molecule has 0 aromatic heterocycles. The van der Waals surface area contributed by atoms with Gasteiger partial charge in [-0.15, -0.1) is 0 Å². The van der Waals surface area contributed by atoms with Crippen LogP contribution in [0.3, 0.4) is 0 Å². The van der Waals surface area contributed by atoms with Crippen molar-refractivity contribution >= 4 is 7.82 Å². The molecule has 1 saturated heterocycles. The molecule has 0 unspecified atom stereocenters. The van der Waals surface area contributed by atoms with Gasteiger partial charge in [-0.05, 0) is 0 Å². The quantitative estimate of drug-likeness (QED) is 0.433. The normalized spacial score (nSPS) is 26.5. The van der Waals surface area contributed by atoms with E-state index in [1.165, 1.54) is 0 Å². The van der Waals surface area contributed by atoms with Gasteiger partial charge < -0.3 is 5.11 Å². The molecular formula is C2HO8P. The average Bonchev–Trinajstić information content (AvgIpc) is 2.21. The van der Waals surface area contributed by atoms with Gasteiger partial charge in [0.15, 0.2) is 0 Å². The molecule has 62 valence electrons. The fourth-order valence-electron chi connectivity index (χ4n) is 0.396. The van der Waals surface area contributed by atoms with E-state index in [0.717, 1.165) is 0 Å². The summed E-state index contributed by atoms with van der Waals surface area (Å²) in [7, 11) is -3.98. The second-order valence-electron chi connectivity index (χ2n) is 1.51. The highest BCUT2D eigenvalue weighted by Crippen LogP contribution is 2.56. The van der Waals surface area contributed by atoms with E-state index >= 15 is 0 Å². The molecular weight excluding hydrogens is 183 g/mol. The third-order valence-electron chi connectivity index (χ3n) is 0.791. The minimum absolute atomic E-state index is 0.617. The average molecular weight is 184 g/mol. The molecule has 0 saturated carbocycles. The van der Waals surface area contributed by atoms with Gasteiger partial charge >= 0.3 is 19.7 Å². The number of hydrogen-bond donors (Lipinski definition) is 1. The summed E-state index contributed by atoms with van der Waals surface area (Å²) in [5.41, 5.74) is 0. The lowest BCUT2D eigenvalue weighted by Gasteiger charge is -2.13. The third kappa shape index (κ3) is 1.02. The topological polar surface area (TPSA) is 92.7 Å². The Morgan fingerprint density at radius 3 is 2.27 bits per heavy atom. The van der Waals surface area contributed by atoms with Gasteiger partial charge in [-0.1, -0.05) is 14.0 Å². The molecule has 0 amide bonds. The third-order valence-corrected chi connectivity index (χ3v) is 1.56. The van der Waals surface area contributed by atoms with Crippen molar-refractivity contribution in [1.29, 1.82) is 0 Å². The molecule has 3 rings (SSSR count). The first-order valence-corrected chi connectivity index (χ1v) is 3.78. The highest BCUT2D eigenvalue weighted by Gasteiger charge is 2.45. The number of hydrogen-bond acceptors (Lipinski definition) is 8. The van der Waals surface area contributed by atoms with Gasteiger partial charge in [-0.25, -0.2) is 4.57 Å². The second-order valence-corrected chi connectivity index (χ2v) is 2.86. The number of fused-ring (bicyclic) bond motifs is 4. The van der Waals surface area contributed by atoms with Crippen molar-refractivity contribution in [2.24, 2.45) is 0 Å². The van der Waals surface area contributed by atoms with Crippen molar-refractivity contribution in [3.63, 3.8) is 0 Å². The van der Waals surface area contributed by atoms with Gasteiger partial charge in [0.1, 0.15) is 0 Å². The molecule has 8 nitrogen and oxygen atoms in total. The van der Waals surface area contributed by atoms with Gasteiger partial charge in [-0.3, -0.25) is 14.7 Å². The highest BCUT2D eigenvalue weighted by atomic mass is 31.2. The molecule has 0 aromatic carbocycles. The SMILES string of the molecule is O=P12OOC(O)=C(OO1)OO2. The van der Waals surface area contributed by atoms with Crippen molar-refractivity contribution in [2.45, 2.75) is 0 Å². The minimum atomic E-state index is -3.98. The first-order valence-electron chi connectivity index (χ1n) is 2.32. The van der Waals surface area contributed by atoms with Crippen molar-refractivity contribution < 1.29 is 38.4 Å². The van der Waals surface area contributed by atoms with E-state index in [9.17, 15) is 4.57 Å². The lowest BCUT2D eigenvalue weighted by Crippen LogP contribution is -2.06. The van der Waals surface area contributed by atoms with Crippen LogP contribution >= 0.6 is 7.82 Å². The largest absolute Gasteiger partial charge is 0.584 e. The smallest absolute Gasteiger partial charge is 0.474 e. The lowest BCUT2D eigenvalue weighted by molar-refractivity contribution is -0.359. The van der Waals surface area contributed by atoms with E-state index in [1.807, 2.05) is 0 Å². The molecule has 0 spiro atoms. The Kier molecular flexibility index (Phi) is 1.24. The van der Waals surface area contributed by atoms with Crippen LogP contribution in [0.4, 0.5) is 0 Å². The van der Waals surface area contributed by atoms with Crippen LogP contribution in [0.25, 0.3) is 0 Å². The van der Waals surface area contributed by atoms with E-state index in [-0.39, 0.29) is 0 Å². The lowest BCUT2D eigenvalue weighted by atomic mass is 10.9. The Bertz CT molecular complexity index is 241. The van der Waals surface area contributed by atoms with E-state index in [1.54, 1.807) is 0 Å². The number of rotatable bonds is 0. The Labute approximate surface area is 59.2 Å². The Morgan fingerprint density at radius 1 is 1.09 bits per heavy atom. The van der Waals surface area contributed by atoms with Crippen LogP contribution in [0.1, 0.15) is 0 Å². The first-order chi connectivity index (χ1) is 5.20. The van der Waals surface area contributed by atoms with Crippen LogP contribution in [-0.2, 0) is 33.3 Å². The van der Waals surface area contributed by atoms with Gasteiger partial charge in [-0.2, -0.15) is 0 Å². The van der Waals surface area contributed by atoms with Crippen LogP contribution in [0.5, 0.6) is 0 Å². The highest BCUT2D eigenvalue weighted by molar-refractivity contribution is 7.48. The first kappa shape index (κ1) is 6.74. The number of aliphatic hydroxyl groups is 1. The standard InChI is InChI=1S/C2HO8P/c3-1-2-6-9-11(4,8-5-1)10-7-2/h3H. The van der Waals surface area contributed by atoms with Crippen LogP contribution in [-0.4, -0.2) is 5.11 Å². The van der Waals surface area contributed by atoms with Crippen molar-refractivity contribution in [2.75, 3.05) is 0 Å². The molecule has 9 heteroatoms. The summed E-state index contributed by atoms with van der Waals surface area (Å²) in [6.45, 7) is 0. The molecule has 11 heavy (non-hydrogen) atoms. The summed E-state index contributed by atoms with van der Waals surface area (Å²) in [5, 5.41) is 8.69. The molecule has 0 aliphatic carbocycles. The summed E-state index contributed by atoms with van der Waals surface area (Å²) >= 11 is 0. The van der Waals surface area contributed by atoms with Crippen LogP contribution in [0.15, 0.2) is 11.9 Å². The maximum Gasteiger partial charge on any atom is 0.584 e. The Morgan fingerprint density at radius 2 is 1.64 bits per heavy atom. The molecule has 3 aliphatic rings. The van der Waals surface area contributed by atoms with E-state index in [0.29, 0.717) is 0 Å². The fourth-order valence-corrected chi connectivity index (χ4v) is 0.951. The van der Waals surface area contributed by atoms with Crippen molar-refractivity contribution in [1.82, 2.24) is 0 Å². The monoisotopic (exact) mass is 184 g/mol. The fraction of sp³-hybridized carbons (Fsp3) is 0. The zero-order valence-electron chi connectivity index (χ0n) is 4.75. The zero-order valence-corrected chi connectivity index (χ0v) is 5.65. The molecule has 0 aromatic rings. The number of phosphoric acid groups is 1. The molecule has 1 N–H and O–H groups in total. The predicted molar refractivity (Wildman–Crippen MR) is 23.8 cm³/mol. The van der Waals surface area contributed by atoms with Crippen LogP contribution in [0.2, 0.25) is 0 Å². The van der Waals surface area contributed by atoms with Gasteiger partial charge in [0.05, 0.1) is 0 Å². The molecule has 3 heterocycles. The summed E-state index contributed by atoms with van der Waals surface area (Å²) in [4.78, 5) is 12.1. The van der Waals surface area contributed by atoms with Crippen LogP contribution < -0.4 is 0 Å². The van der Waals surface area contributed by atoms with Gasteiger partial charge in [0.25, 0.3) is 0 Å². The van der Waals surface area contributed by atoms with Crippen molar-refractivity contribution in [3.05, 3.63) is 11.9 Å². The number of aliphatic hydroxyl groups excluding tert-OH is 1. The summed E-state index contributed by atoms with van der Waals surface area (Å²) in [6.07, 6.45) is 0. The maximum atomic E-state index is 10.8. The van der Waals surface area contributed by atoms with E-state index < -0.39 is 19.7 Å². The molecule has 3 aliphatic heterocycles. The molecule has 0 radical (unpaired) electrons. The Balaban J connectivity index is 2.33. The predicted octanol–water partition coefficient (Wildman–Crippen LogP) is 0.651. The second kappa shape index (κ2) is 2.02. The zero-order chi connectivity index (χ0) is 7.90. The Hall–Kier alpha value is -0.950. The summed E-state index contributed by atoms with van der Waals surface area (Å²) in [6, 6.07) is 0. The van der Waals surface area contributed by atoms with Gasteiger partial charge in [0, 0.05) is 0 Å². The van der Waals surface area contributed by atoms with E-state index in [2.05, 4.69) is 28.7 Å². The molecule has 2 bridgehead atoms. The van der Waals surface area contributed by atoms with E-state index in [4.69, 9.17) is 5.11 Å². The van der Waals surface area contributed by atoms with Crippen molar-refractivity contribution in [3.8, 4) is 0 Å². The summed E-state index contributed by atoms with van der Waals surface area (Å²) in [5.74, 6) is -1.49. The van der Waals surface area contributed by atoms with Crippen LogP contribution in [0, 0.1) is 0 Å². The molecule has 0 atom stereocenters. The maximum absolute atomic E-state index is 10.8. The summed E-state index contributed by atoms with van der Waals surface area (Å²) < 4.78 is 22.8.